The second kappa shape index (κ2) is 6.01. The summed E-state index contributed by atoms with van der Waals surface area (Å²) < 4.78 is 0. The Labute approximate surface area is 126 Å². The van der Waals surface area contributed by atoms with Crippen LogP contribution in [0.1, 0.15) is 21.1 Å². The first kappa shape index (κ1) is 13.7. The first-order chi connectivity index (χ1) is 10.3. The van der Waals surface area contributed by atoms with Crippen LogP contribution in [-0.2, 0) is 6.42 Å². The van der Waals surface area contributed by atoms with E-state index in [4.69, 9.17) is 0 Å². The maximum absolute atomic E-state index is 12.3. The Balaban J connectivity index is 1.71. The van der Waals surface area contributed by atoms with Crippen molar-refractivity contribution in [2.24, 2.45) is 0 Å². The van der Waals surface area contributed by atoms with Gasteiger partial charge in [-0.15, -0.1) is 11.3 Å². The molecule has 0 spiro atoms. The molecule has 21 heavy (non-hydrogen) atoms. The van der Waals surface area contributed by atoms with Crippen LogP contribution in [-0.4, -0.2) is 22.4 Å². The number of hydrogen-bond acceptors (Lipinski definition) is 4. The highest BCUT2D eigenvalue weighted by atomic mass is 32.1. The average molecular weight is 297 g/mol. The van der Waals surface area contributed by atoms with E-state index in [-0.39, 0.29) is 5.91 Å². The molecule has 2 aromatic heterocycles. The highest BCUT2D eigenvalue weighted by Crippen LogP contribution is 2.16. The standard InChI is InChI=1S/C16H15N3OS/c1-11-14(21-10-19-11)7-9-18-16(20)15-13-5-3-2-4-12(13)6-8-17-15/h2-6,8,10H,7,9H2,1H3,(H,18,20). The van der Waals surface area contributed by atoms with Gasteiger partial charge in [0.1, 0.15) is 5.69 Å². The lowest BCUT2D eigenvalue weighted by molar-refractivity contribution is 0.0951. The predicted octanol–water partition coefficient (Wildman–Crippen LogP) is 2.97. The molecular formula is C16H15N3OS. The van der Waals surface area contributed by atoms with Crippen molar-refractivity contribution >= 4 is 28.0 Å². The number of nitrogens with one attached hydrogen (secondary N) is 1. The van der Waals surface area contributed by atoms with E-state index in [2.05, 4.69) is 15.3 Å². The summed E-state index contributed by atoms with van der Waals surface area (Å²) in [6.45, 7) is 2.58. The predicted molar refractivity (Wildman–Crippen MR) is 84.6 cm³/mol. The van der Waals surface area contributed by atoms with Crippen LogP contribution in [0, 0.1) is 6.92 Å². The molecular weight excluding hydrogens is 282 g/mol. The molecule has 0 radical (unpaired) electrons. The van der Waals surface area contributed by atoms with Crippen LogP contribution in [0.3, 0.4) is 0 Å². The van der Waals surface area contributed by atoms with Crippen molar-refractivity contribution in [3.8, 4) is 0 Å². The lowest BCUT2D eigenvalue weighted by atomic mass is 10.1. The Morgan fingerprint density at radius 2 is 2.10 bits per heavy atom. The van der Waals surface area contributed by atoms with Gasteiger partial charge in [0.25, 0.3) is 5.91 Å². The maximum Gasteiger partial charge on any atom is 0.270 e. The molecule has 0 aliphatic carbocycles. The summed E-state index contributed by atoms with van der Waals surface area (Å²) in [6, 6.07) is 9.68. The van der Waals surface area contributed by atoms with Gasteiger partial charge in [-0.25, -0.2) is 4.98 Å². The smallest absolute Gasteiger partial charge is 0.270 e. The second-order valence-corrected chi connectivity index (χ2v) is 5.69. The topological polar surface area (TPSA) is 54.9 Å². The van der Waals surface area contributed by atoms with Crippen molar-refractivity contribution in [1.29, 1.82) is 0 Å². The number of carbonyl (C=O) groups excluding carboxylic acids is 1. The molecule has 3 aromatic rings. The van der Waals surface area contributed by atoms with Crippen molar-refractivity contribution in [2.75, 3.05) is 6.54 Å². The van der Waals surface area contributed by atoms with Gasteiger partial charge in [0.2, 0.25) is 0 Å². The fourth-order valence-electron chi connectivity index (χ4n) is 2.24. The third kappa shape index (κ3) is 2.92. The van der Waals surface area contributed by atoms with Gasteiger partial charge in [0.05, 0.1) is 11.2 Å². The zero-order valence-electron chi connectivity index (χ0n) is 11.7. The van der Waals surface area contributed by atoms with Gasteiger partial charge in [-0.05, 0) is 18.4 Å². The van der Waals surface area contributed by atoms with Crippen LogP contribution in [0.15, 0.2) is 42.0 Å². The minimum atomic E-state index is -0.131. The van der Waals surface area contributed by atoms with Crippen LogP contribution < -0.4 is 5.32 Å². The molecule has 0 fully saturated rings. The van der Waals surface area contributed by atoms with Crippen molar-refractivity contribution in [2.45, 2.75) is 13.3 Å². The Hall–Kier alpha value is -2.27. The van der Waals surface area contributed by atoms with Gasteiger partial charge < -0.3 is 5.32 Å². The van der Waals surface area contributed by atoms with Crippen molar-refractivity contribution in [3.63, 3.8) is 0 Å². The lowest BCUT2D eigenvalue weighted by Gasteiger charge is -2.06. The molecule has 2 heterocycles. The number of pyridine rings is 1. The molecule has 5 heteroatoms. The van der Waals surface area contributed by atoms with Gasteiger partial charge in [-0.3, -0.25) is 9.78 Å². The van der Waals surface area contributed by atoms with Crippen LogP contribution in [0.2, 0.25) is 0 Å². The molecule has 0 aliphatic rings. The summed E-state index contributed by atoms with van der Waals surface area (Å²) in [5.41, 5.74) is 3.35. The Morgan fingerprint density at radius 1 is 1.24 bits per heavy atom. The highest BCUT2D eigenvalue weighted by molar-refractivity contribution is 7.09. The van der Waals surface area contributed by atoms with Gasteiger partial charge in [0.15, 0.2) is 0 Å². The Kier molecular flexibility index (Phi) is 3.92. The largest absolute Gasteiger partial charge is 0.350 e. The summed E-state index contributed by atoms with van der Waals surface area (Å²) in [5.74, 6) is -0.131. The van der Waals surface area contributed by atoms with E-state index in [9.17, 15) is 4.79 Å². The van der Waals surface area contributed by atoms with E-state index in [0.717, 1.165) is 22.9 Å². The summed E-state index contributed by atoms with van der Waals surface area (Å²) >= 11 is 1.62. The van der Waals surface area contributed by atoms with E-state index >= 15 is 0 Å². The van der Waals surface area contributed by atoms with E-state index in [1.54, 1.807) is 17.5 Å². The monoisotopic (exact) mass is 297 g/mol. The number of fused-ring (bicyclic) bond motifs is 1. The summed E-state index contributed by atoms with van der Waals surface area (Å²) in [6.07, 6.45) is 2.47. The summed E-state index contributed by atoms with van der Waals surface area (Å²) in [4.78, 5) is 21.9. The zero-order chi connectivity index (χ0) is 14.7. The van der Waals surface area contributed by atoms with Gasteiger partial charge >= 0.3 is 0 Å². The quantitative estimate of drug-likeness (QED) is 0.805. The maximum atomic E-state index is 12.3. The number of nitrogens with zero attached hydrogens (tertiary/aromatic N) is 2. The number of carbonyl (C=O) groups is 1. The molecule has 1 aromatic carbocycles. The van der Waals surface area contributed by atoms with Crippen LogP contribution in [0.25, 0.3) is 10.8 Å². The number of hydrogen-bond donors (Lipinski definition) is 1. The molecule has 0 unspecified atom stereocenters. The SMILES string of the molecule is Cc1ncsc1CCNC(=O)c1nccc2ccccc12. The molecule has 0 saturated carbocycles. The molecule has 0 aliphatic heterocycles. The summed E-state index contributed by atoms with van der Waals surface area (Å²) in [7, 11) is 0. The molecule has 0 bridgehead atoms. The first-order valence-electron chi connectivity index (χ1n) is 6.76. The van der Waals surface area contributed by atoms with Crippen LogP contribution in [0.4, 0.5) is 0 Å². The van der Waals surface area contributed by atoms with Crippen molar-refractivity contribution < 1.29 is 4.79 Å². The average Bonchev–Trinajstić information content (AvgIpc) is 2.92. The Bertz CT molecular complexity index is 777. The third-order valence-electron chi connectivity index (χ3n) is 3.37. The highest BCUT2D eigenvalue weighted by Gasteiger charge is 2.11. The molecule has 3 rings (SSSR count). The van der Waals surface area contributed by atoms with Crippen LogP contribution >= 0.6 is 11.3 Å². The number of aromatic nitrogens is 2. The molecule has 1 N–H and O–H groups in total. The third-order valence-corrected chi connectivity index (χ3v) is 4.37. The number of rotatable bonds is 4. The number of benzene rings is 1. The van der Waals surface area contributed by atoms with Gasteiger partial charge in [-0.2, -0.15) is 0 Å². The second-order valence-electron chi connectivity index (χ2n) is 4.75. The lowest BCUT2D eigenvalue weighted by Crippen LogP contribution is -2.26. The molecule has 0 saturated heterocycles. The Morgan fingerprint density at radius 3 is 2.90 bits per heavy atom. The van der Waals surface area contributed by atoms with Gasteiger partial charge in [-0.1, -0.05) is 24.3 Å². The summed E-state index contributed by atoms with van der Waals surface area (Å²) in [5, 5.41) is 4.84. The first-order valence-corrected chi connectivity index (χ1v) is 7.64. The minimum absolute atomic E-state index is 0.131. The van der Waals surface area contributed by atoms with E-state index in [1.165, 1.54) is 4.88 Å². The molecule has 4 nitrogen and oxygen atoms in total. The molecule has 0 atom stereocenters. The molecule has 1 amide bonds. The van der Waals surface area contributed by atoms with E-state index in [0.29, 0.717) is 12.2 Å². The minimum Gasteiger partial charge on any atom is -0.350 e. The molecule has 106 valence electrons. The number of thiazole rings is 1. The number of aryl methyl sites for hydroxylation is 1. The number of amides is 1. The van der Waals surface area contributed by atoms with Gasteiger partial charge in [0, 0.05) is 29.4 Å². The van der Waals surface area contributed by atoms with Crippen molar-refractivity contribution in [1.82, 2.24) is 15.3 Å². The fourth-order valence-corrected chi connectivity index (χ4v) is 3.02. The zero-order valence-corrected chi connectivity index (χ0v) is 12.5. The van der Waals surface area contributed by atoms with Crippen LogP contribution in [0.5, 0.6) is 0 Å². The fraction of sp³-hybridized carbons (Fsp3) is 0.188. The van der Waals surface area contributed by atoms with Crippen molar-refractivity contribution in [3.05, 3.63) is 58.3 Å². The van der Waals surface area contributed by atoms with E-state index < -0.39 is 0 Å². The van der Waals surface area contributed by atoms with E-state index in [1.807, 2.05) is 42.8 Å². The normalized spacial score (nSPS) is 10.7.